The summed E-state index contributed by atoms with van der Waals surface area (Å²) in [6.45, 7) is 3.56. The number of carbonyl (C=O) groups is 1. The molecule has 0 aliphatic carbocycles. The van der Waals surface area contributed by atoms with Gasteiger partial charge in [0.25, 0.3) is 10.1 Å². The summed E-state index contributed by atoms with van der Waals surface area (Å²) in [5.74, 6) is -0.323. The Bertz CT molecular complexity index is 465. The van der Waals surface area contributed by atoms with Gasteiger partial charge in [0.2, 0.25) is 5.91 Å². The van der Waals surface area contributed by atoms with E-state index in [2.05, 4.69) is 5.32 Å². The standard InChI is InChI=1S/C11H19NO7S/c1-6-10(13)12-11(6)19-8-4-16-7(2)18-9(8)5-17-20(3,14)15/h6-9,11H,4-5H2,1-3H3,(H,12,13)/t6-,7+,8+,9-,11-/m0/s1. The highest BCUT2D eigenvalue weighted by molar-refractivity contribution is 7.85. The maximum absolute atomic E-state index is 11.1. The first-order chi connectivity index (χ1) is 9.26. The van der Waals surface area contributed by atoms with Crippen LogP contribution in [0, 0.1) is 5.92 Å². The molecule has 9 heteroatoms. The second-order valence-corrected chi connectivity index (χ2v) is 6.60. The predicted octanol–water partition coefficient (Wildman–Crippen LogP) is -0.799. The molecule has 0 aromatic carbocycles. The number of nitrogens with one attached hydrogen (secondary N) is 1. The van der Waals surface area contributed by atoms with E-state index in [-0.39, 0.29) is 25.0 Å². The maximum Gasteiger partial charge on any atom is 0.264 e. The molecule has 0 radical (unpaired) electrons. The number of rotatable bonds is 5. The average molecular weight is 309 g/mol. The minimum absolute atomic E-state index is 0.0787. The van der Waals surface area contributed by atoms with Crippen molar-refractivity contribution in [2.45, 2.75) is 38.6 Å². The smallest absolute Gasteiger partial charge is 0.264 e. The van der Waals surface area contributed by atoms with Gasteiger partial charge in [-0.1, -0.05) is 0 Å². The van der Waals surface area contributed by atoms with Crippen LogP contribution in [-0.4, -0.2) is 58.5 Å². The van der Waals surface area contributed by atoms with Crippen molar-refractivity contribution in [1.29, 1.82) is 0 Å². The Labute approximate surface area is 117 Å². The van der Waals surface area contributed by atoms with Gasteiger partial charge >= 0.3 is 0 Å². The third kappa shape index (κ3) is 3.89. The predicted molar refractivity (Wildman–Crippen MR) is 67.1 cm³/mol. The molecule has 2 heterocycles. The Morgan fingerprint density at radius 2 is 2.10 bits per heavy atom. The molecule has 8 nitrogen and oxygen atoms in total. The molecule has 5 atom stereocenters. The number of ether oxygens (including phenoxy) is 3. The van der Waals surface area contributed by atoms with Gasteiger partial charge in [0, 0.05) is 0 Å². The van der Waals surface area contributed by atoms with E-state index in [9.17, 15) is 13.2 Å². The van der Waals surface area contributed by atoms with Crippen molar-refractivity contribution >= 4 is 16.0 Å². The van der Waals surface area contributed by atoms with Crippen LogP contribution in [0.15, 0.2) is 0 Å². The molecule has 2 aliphatic rings. The van der Waals surface area contributed by atoms with Gasteiger partial charge in [0.1, 0.15) is 18.4 Å². The van der Waals surface area contributed by atoms with Crippen molar-refractivity contribution < 1.29 is 31.6 Å². The number of β-lactam (4-membered cyclic amide) rings is 1. The lowest BCUT2D eigenvalue weighted by Gasteiger charge is -2.41. The van der Waals surface area contributed by atoms with Gasteiger partial charge in [-0.05, 0) is 13.8 Å². The normalized spacial score (nSPS) is 38.1. The number of carbonyl (C=O) groups excluding carboxylic acids is 1. The van der Waals surface area contributed by atoms with Crippen LogP contribution in [0.2, 0.25) is 0 Å². The van der Waals surface area contributed by atoms with Crippen LogP contribution in [0.5, 0.6) is 0 Å². The molecule has 0 aromatic heterocycles. The molecule has 2 fully saturated rings. The highest BCUT2D eigenvalue weighted by atomic mass is 32.2. The average Bonchev–Trinajstić information content (AvgIpc) is 2.37. The van der Waals surface area contributed by atoms with Crippen LogP contribution >= 0.6 is 0 Å². The van der Waals surface area contributed by atoms with Gasteiger partial charge in [-0.3, -0.25) is 8.98 Å². The topological polar surface area (TPSA) is 100 Å². The van der Waals surface area contributed by atoms with Gasteiger partial charge < -0.3 is 19.5 Å². The van der Waals surface area contributed by atoms with Crippen LogP contribution in [0.1, 0.15) is 13.8 Å². The molecule has 1 amide bonds. The molecular formula is C11H19NO7S. The lowest BCUT2D eigenvalue weighted by Crippen LogP contribution is -2.61. The molecular weight excluding hydrogens is 290 g/mol. The number of hydrogen-bond acceptors (Lipinski definition) is 7. The molecule has 20 heavy (non-hydrogen) atoms. The fourth-order valence-corrected chi connectivity index (χ4v) is 2.33. The first-order valence-electron chi connectivity index (χ1n) is 6.33. The van der Waals surface area contributed by atoms with Crippen LogP contribution in [0.4, 0.5) is 0 Å². The molecule has 0 spiro atoms. The van der Waals surface area contributed by atoms with E-state index < -0.39 is 34.8 Å². The molecule has 0 bridgehead atoms. The third-order valence-corrected chi connectivity index (χ3v) is 3.76. The summed E-state index contributed by atoms with van der Waals surface area (Å²) in [6, 6.07) is 0. The fraction of sp³-hybridized carbons (Fsp3) is 0.909. The van der Waals surface area contributed by atoms with Crippen LogP contribution in [0.3, 0.4) is 0 Å². The zero-order valence-corrected chi connectivity index (χ0v) is 12.4. The summed E-state index contributed by atoms with van der Waals surface area (Å²) in [5, 5.41) is 2.61. The van der Waals surface area contributed by atoms with Crippen LogP contribution < -0.4 is 5.32 Å². The van der Waals surface area contributed by atoms with Gasteiger partial charge in [-0.2, -0.15) is 8.42 Å². The molecule has 0 unspecified atom stereocenters. The Morgan fingerprint density at radius 1 is 1.40 bits per heavy atom. The SMILES string of the molecule is C[C@@H]1OC[C@@H](O[C@@H]2NC(=O)[C@@H]2C)[C@H](COS(C)(=O)=O)O1. The van der Waals surface area contributed by atoms with Crippen molar-refractivity contribution in [1.82, 2.24) is 5.32 Å². The Hall–Kier alpha value is -0.740. The minimum atomic E-state index is -3.55. The Balaban J connectivity index is 1.92. The second-order valence-electron chi connectivity index (χ2n) is 4.96. The third-order valence-electron chi connectivity index (χ3n) is 3.20. The van der Waals surface area contributed by atoms with E-state index in [1.165, 1.54) is 0 Å². The van der Waals surface area contributed by atoms with Gasteiger partial charge in [-0.15, -0.1) is 0 Å². The number of amides is 1. The molecule has 1 N–H and O–H groups in total. The molecule has 2 saturated heterocycles. The van der Waals surface area contributed by atoms with E-state index in [0.29, 0.717) is 0 Å². The van der Waals surface area contributed by atoms with Crippen molar-refractivity contribution in [2.75, 3.05) is 19.5 Å². The largest absolute Gasteiger partial charge is 0.350 e. The lowest BCUT2D eigenvalue weighted by molar-refractivity contribution is -0.274. The molecule has 2 aliphatic heterocycles. The Morgan fingerprint density at radius 3 is 2.65 bits per heavy atom. The van der Waals surface area contributed by atoms with Crippen LogP contribution in [-0.2, 0) is 33.3 Å². The highest BCUT2D eigenvalue weighted by Crippen LogP contribution is 2.23. The molecule has 0 aromatic rings. The summed E-state index contributed by atoms with van der Waals surface area (Å²) in [5.41, 5.74) is 0. The molecule has 116 valence electrons. The highest BCUT2D eigenvalue weighted by Gasteiger charge is 2.41. The first kappa shape index (κ1) is 15.6. The van der Waals surface area contributed by atoms with E-state index in [1.807, 2.05) is 0 Å². The quantitative estimate of drug-likeness (QED) is 0.524. The van der Waals surface area contributed by atoms with E-state index in [1.54, 1.807) is 13.8 Å². The van der Waals surface area contributed by atoms with Crippen molar-refractivity contribution in [2.24, 2.45) is 5.92 Å². The van der Waals surface area contributed by atoms with Gasteiger partial charge in [-0.25, -0.2) is 0 Å². The fourth-order valence-electron chi connectivity index (χ4n) is 1.95. The van der Waals surface area contributed by atoms with Gasteiger partial charge in [0.15, 0.2) is 6.29 Å². The molecule has 0 saturated carbocycles. The zero-order valence-electron chi connectivity index (χ0n) is 11.6. The summed E-state index contributed by atoms with van der Waals surface area (Å²) >= 11 is 0. The van der Waals surface area contributed by atoms with Crippen molar-refractivity contribution in [3.63, 3.8) is 0 Å². The summed E-state index contributed by atoms with van der Waals surface area (Å²) in [4.78, 5) is 11.1. The van der Waals surface area contributed by atoms with Crippen molar-refractivity contribution in [3.05, 3.63) is 0 Å². The lowest BCUT2D eigenvalue weighted by atomic mass is 10.0. The molecule has 2 rings (SSSR count). The van der Waals surface area contributed by atoms with Crippen molar-refractivity contribution in [3.8, 4) is 0 Å². The summed E-state index contributed by atoms with van der Waals surface area (Å²) in [6.07, 6.45) is -0.968. The van der Waals surface area contributed by atoms with E-state index in [0.717, 1.165) is 6.26 Å². The van der Waals surface area contributed by atoms with Gasteiger partial charge in [0.05, 0.1) is 25.4 Å². The van der Waals surface area contributed by atoms with E-state index in [4.69, 9.17) is 18.4 Å². The summed E-state index contributed by atoms with van der Waals surface area (Å²) in [7, 11) is -3.55. The Kier molecular flexibility index (Phi) is 4.65. The zero-order chi connectivity index (χ0) is 14.9. The minimum Gasteiger partial charge on any atom is -0.350 e. The maximum atomic E-state index is 11.1. The number of hydrogen-bond donors (Lipinski definition) is 1. The first-order valence-corrected chi connectivity index (χ1v) is 8.15. The monoisotopic (exact) mass is 309 g/mol. The van der Waals surface area contributed by atoms with E-state index >= 15 is 0 Å². The summed E-state index contributed by atoms with van der Waals surface area (Å²) < 4.78 is 43.3. The second kappa shape index (κ2) is 5.94. The van der Waals surface area contributed by atoms with Crippen LogP contribution in [0.25, 0.3) is 0 Å².